The third-order valence-electron chi connectivity index (χ3n) is 10.5. The van der Waals surface area contributed by atoms with Gasteiger partial charge in [-0.25, -0.2) is 9.97 Å². The Bertz CT molecular complexity index is 3090. The predicted octanol–water partition coefficient (Wildman–Crippen LogP) is 12.5. The molecular formula is C52H35N5O. The standard InChI is InChI=1S/C52H35N5O/c58-47(39-23-13-14-32-53-39)31-24-38-33-46-50(36-19-9-3-10-20-36)44-28-27-42(55-44)48(34-15-5-1-6-16-34)40-25-26-41(54-40)49(35-17-7-2-8-18-35)43-29-30-45(56-43)51(52(38)57-46)37-21-11-4-12-22-37/h1-33,55-56H/b31-24-,48-40?,48-42?,49-41?,49-43?,50-44?,50-46?,51-45?,52-51?. The molecule has 0 saturated heterocycles. The quantitative estimate of drug-likeness (QED) is 0.126. The minimum absolute atomic E-state index is 0.190. The van der Waals surface area contributed by atoms with Crippen LogP contribution in [0.1, 0.15) is 33.3 Å². The Morgan fingerprint density at radius 3 is 1.34 bits per heavy atom. The fraction of sp³-hybridized carbons (Fsp3) is 0. The molecule has 0 aliphatic carbocycles. The summed E-state index contributed by atoms with van der Waals surface area (Å²) in [5, 5.41) is 0. The number of hydrogen-bond donors (Lipinski definition) is 2. The van der Waals surface area contributed by atoms with Crippen molar-refractivity contribution >= 4 is 51.7 Å². The summed E-state index contributed by atoms with van der Waals surface area (Å²) >= 11 is 0. The Morgan fingerprint density at radius 1 is 0.448 bits per heavy atom. The highest BCUT2D eigenvalue weighted by Gasteiger charge is 2.22. The molecule has 0 unspecified atom stereocenters. The number of hydrogen-bond acceptors (Lipinski definition) is 4. The number of benzene rings is 4. The van der Waals surface area contributed by atoms with E-state index in [0.29, 0.717) is 5.69 Å². The monoisotopic (exact) mass is 745 g/mol. The van der Waals surface area contributed by atoms with Crippen LogP contribution < -0.4 is 0 Å². The van der Waals surface area contributed by atoms with Crippen molar-refractivity contribution in [2.45, 2.75) is 0 Å². The van der Waals surface area contributed by atoms with E-state index in [-0.39, 0.29) is 5.78 Å². The van der Waals surface area contributed by atoms with E-state index in [1.54, 1.807) is 24.4 Å². The molecule has 8 bridgehead atoms. The van der Waals surface area contributed by atoms with Gasteiger partial charge >= 0.3 is 0 Å². The van der Waals surface area contributed by atoms with Gasteiger partial charge in [0.15, 0.2) is 0 Å². The van der Waals surface area contributed by atoms with Gasteiger partial charge in [-0.1, -0.05) is 127 Å². The average Bonchev–Trinajstić information content (AvgIpc) is 4.12. The first-order valence-corrected chi connectivity index (χ1v) is 19.2. The summed E-state index contributed by atoms with van der Waals surface area (Å²) in [4.78, 5) is 36.4. The second kappa shape index (κ2) is 14.9. The second-order valence-electron chi connectivity index (χ2n) is 14.1. The lowest BCUT2D eigenvalue weighted by atomic mass is 9.99. The van der Waals surface area contributed by atoms with Crippen LogP contribution in [0.15, 0.2) is 182 Å². The topological polar surface area (TPSA) is 87.3 Å². The molecule has 6 heterocycles. The van der Waals surface area contributed by atoms with Crippen molar-refractivity contribution in [3.8, 4) is 44.5 Å². The fourth-order valence-electron chi connectivity index (χ4n) is 7.82. The first-order chi connectivity index (χ1) is 28.7. The minimum atomic E-state index is -0.190. The van der Waals surface area contributed by atoms with Crippen molar-refractivity contribution in [1.29, 1.82) is 0 Å². The maximum atomic E-state index is 13.5. The molecule has 274 valence electrons. The average molecular weight is 746 g/mol. The van der Waals surface area contributed by atoms with E-state index >= 15 is 0 Å². The van der Waals surface area contributed by atoms with Gasteiger partial charge in [-0.2, -0.15) is 0 Å². The lowest BCUT2D eigenvalue weighted by Gasteiger charge is -2.07. The Kier molecular flexibility index (Phi) is 8.89. The van der Waals surface area contributed by atoms with Crippen LogP contribution in [0.3, 0.4) is 0 Å². The van der Waals surface area contributed by atoms with Crippen molar-refractivity contribution in [3.63, 3.8) is 0 Å². The van der Waals surface area contributed by atoms with E-state index in [1.807, 2.05) is 60.7 Å². The number of aromatic amines is 2. The number of H-pyrrole nitrogens is 2. The normalized spacial score (nSPS) is 12.2. The molecule has 0 fully saturated rings. The van der Waals surface area contributed by atoms with E-state index < -0.39 is 0 Å². The fourth-order valence-corrected chi connectivity index (χ4v) is 7.82. The summed E-state index contributed by atoms with van der Waals surface area (Å²) in [5.41, 5.74) is 15.9. The van der Waals surface area contributed by atoms with E-state index in [1.165, 1.54) is 0 Å². The molecule has 4 aromatic carbocycles. The van der Waals surface area contributed by atoms with Crippen molar-refractivity contribution in [3.05, 3.63) is 211 Å². The third kappa shape index (κ3) is 6.48. The van der Waals surface area contributed by atoms with Gasteiger partial charge in [0, 0.05) is 56.1 Å². The summed E-state index contributed by atoms with van der Waals surface area (Å²) in [7, 11) is 0. The number of nitrogens with zero attached hydrogens (tertiary/aromatic N) is 3. The van der Waals surface area contributed by atoms with Crippen LogP contribution in [0.5, 0.6) is 0 Å². The first kappa shape index (κ1) is 34.5. The Labute approximate surface area is 335 Å². The smallest absolute Gasteiger partial charge is 0.204 e. The summed E-state index contributed by atoms with van der Waals surface area (Å²) in [5.74, 6) is -0.190. The molecule has 0 amide bonds. The molecule has 4 aromatic heterocycles. The molecule has 2 aliphatic rings. The molecule has 58 heavy (non-hydrogen) atoms. The van der Waals surface area contributed by atoms with Gasteiger partial charge in [-0.3, -0.25) is 9.78 Å². The lowest BCUT2D eigenvalue weighted by molar-refractivity contribution is 0.104. The lowest BCUT2D eigenvalue weighted by Crippen LogP contribution is -1.97. The molecule has 8 aromatic rings. The summed E-state index contributed by atoms with van der Waals surface area (Å²) in [6.07, 6.45) is 11.4. The molecule has 10 rings (SSSR count). The van der Waals surface area contributed by atoms with E-state index in [0.717, 1.165) is 94.9 Å². The molecule has 6 heteroatoms. The Hall–Kier alpha value is -7.96. The van der Waals surface area contributed by atoms with Gasteiger partial charge in [-0.05, 0) is 89.0 Å². The van der Waals surface area contributed by atoms with Gasteiger partial charge in [0.2, 0.25) is 5.78 Å². The Balaban J connectivity index is 1.37. The van der Waals surface area contributed by atoms with Crippen LogP contribution in [0.4, 0.5) is 0 Å². The van der Waals surface area contributed by atoms with E-state index in [4.69, 9.17) is 9.97 Å². The third-order valence-corrected chi connectivity index (χ3v) is 10.5. The van der Waals surface area contributed by atoms with Gasteiger partial charge in [0.1, 0.15) is 5.69 Å². The van der Waals surface area contributed by atoms with Crippen LogP contribution >= 0.6 is 0 Å². The zero-order valence-corrected chi connectivity index (χ0v) is 31.3. The summed E-state index contributed by atoms with van der Waals surface area (Å²) in [6.45, 7) is 0. The maximum Gasteiger partial charge on any atom is 0.204 e. The number of carbonyl (C=O) groups excluding carboxylic acids is 1. The summed E-state index contributed by atoms with van der Waals surface area (Å²) < 4.78 is 0. The van der Waals surface area contributed by atoms with Crippen molar-refractivity contribution in [2.75, 3.05) is 0 Å². The highest BCUT2D eigenvalue weighted by molar-refractivity contribution is 6.08. The zero-order valence-electron chi connectivity index (χ0n) is 31.3. The number of ketones is 1. The van der Waals surface area contributed by atoms with Crippen LogP contribution in [0.25, 0.3) is 90.4 Å². The zero-order chi connectivity index (χ0) is 38.8. The van der Waals surface area contributed by atoms with Crippen LogP contribution in [0.2, 0.25) is 0 Å². The highest BCUT2D eigenvalue weighted by Crippen LogP contribution is 2.40. The van der Waals surface area contributed by atoms with Crippen LogP contribution in [-0.4, -0.2) is 30.7 Å². The van der Waals surface area contributed by atoms with Gasteiger partial charge in [0.25, 0.3) is 0 Å². The van der Waals surface area contributed by atoms with Crippen LogP contribution in [0, 0.1) is 0 Å². The summed E-state index contributed by atoms with van der Waals surface area (Å²) in [6, 6.07) is 55.2. The SMILES string of the molecule is O=C(/C=C\C1=Cc2nc1c(-c1ccccc1)c1ccc([nH]1)c(-c1ccccc1)c1nc(c(-c3ccccc3)c3ccc([nH]3)c2-c2ccccc2)C=C1)c1ccccn1. The Morgan fingerprint density at radius 2 is 0.879 bits per heavy atom. The molecule has 2 N–H and O–H groups in total. The number of allylic oxidation sites excluding steroid dienone is 3. The van der Waals surface area contributed by atoms with Crippen molar-refractivity contribution in [2.24, 2.45) is 0 Å². The van der Waals surface area contributed by atoms with Gasteiger partial charge < -0.3 is 9.97 Å². The number of fused-ring (bicyclic) bond motifs is 8. The maximum absolute atomic E-state index is 13.5. The number of aromatic nitrogens is 5. The number of nitrogens with one attached hydrogen (secondary N) is 2. The molecule has 6 nitrogen and oxygen atoms in total. The van der Waals surface area contributed by atoms with Crippen molar-refractivity contribution in [1.82, 2.24) is 24.9 Å². The van der Waals surface area contributed by atoms with E-state index in [2.05, 4.69) is 130 Å². The molecule has 0 saturated carbocycles. The predicted molar refractivity (Wildman–Crippen MR) is 237 cm³/mol. The van der Waals surface area contributed by atoms with Gasteiger partial charge in [-0.15, -0.1) is 0 Å². The molecular weight excluding hydrogens is 711 g/mol. The number of carbonyl (C=O) groups is 1. The van der Waals surface area contributed by atoms with Crippen molar-refractivity contribution < 1.29 is 4.79 Å². The number of rotatable bonds is 7. The van der Waals surface area contributed by atoms with Crippen LogP contribution in [-0.2, 0) is 0 Å². The first-order valence-electron chi connectivity index (χ1n) is 19.2. The van der Waals surface area contributed by atoms with E-state index in [9.17, 15) is 4.79 Å². The molecule has 0 atom stereocenters. The number of pyridine rings is 1. The minimum Gasteiger partial charge on any atom is -0.354 e. The largest absolute Gasteiger partial charge is 0.354 e. The molecule has 0 radical (unpaired) electrons. The highest BCUT2D eigenvalue weighted by atomic mass is 16.1. The molecule has 0 spiro atoms. The second-order valence-corrected chi connectivity index (χ2v) is 14.1. The molecule has 2 aliphatic heterocycles. The van der Waals surface area contributed by atoms with Gasteiger partial charge in [0.05, 0.1) is 22.8 Å².